The summed E-state index contributed by atoms with van der Waals surface area (Å²) in [5, 5.41) is 14.6. The standard InChI is InChI=1S/C15H13N5O2S2/c21-15-19(12-5-1-2-6-13(12)22-15)7-9-24-14-16-17-18-20(14)10-11-4-3-8-23-11/h1-6,8H,7,9-10H2. The number of nitrogens with zero attached hydrogens (tertiary/aromatic N) is 5. The summed E-state index contributed by atoms with van der Waals surface area (Å²) in [6.45, 7) is 1.19. The highest BCUT2D eigenvalue weighted by molar-refractivity contribution is 7.99. The van der Waals surface area contributed by atoms with Crippen molar-refractivity contribution in [1.82, 2.24) is 24.8 Å². The van der Waals surface area contributed by atoms with Gasteiger partial charge >= 0.3 is 5.76 Å². The monoisotopic (exact) mass is 359 g/mol. The van der Waals surface area contributed by atoms with E-state index < -0.39 is 0 Å². The predicted molar refractivity (Wildman–Crippen MR) is 92.4 cm³/mol. The Bertz CT molecular complexity index is 1000. The molecule has 4 rings (SSSR count). The highest BCUT2D eigenvalue weighted by Gasteiger charge is 2.11. The number of hydrogen-bond donors (Lipinski definition) is 0. The lowest BCUT2D eigenvalue weighted by Gasteiger charge is -2.03. The highest BCUT2D eigenvalue weighted by atomic mass is 32.2. The lowest BCUT2D eigenvalue weighted by Crippen LogP contribution is -2.15. The van der Waals surface area contributed by atoms with Gasteiger partial charge in [0.1, 0.15) is 0 Å². The second-order valence-corrected chi connectivity index (χ2v) is 7.13. The fourth-order valence-electron chi connectivity index (χ4n) is 2.40. The van der Waals surface area contributed by atoms with Crippen molar-refractivity contribution >= 4 is 34.2 Å². The molecule has 0 radical (unpaired) electrons. The van der Waals surface area contributed by atoms with Crippen molar-refractivity contribution in [2.75, 3.05) is 5.75 Å². The van der Waals surface area contributed by atoms with Crippen molar-refractivity contribution in [2.24, 2.45) is 0 Å². The molecular weight excluding hydrogens is 346 g/mol. The maximum atomic E-state index is 12.0. The minimum absolute atomic E-state index is 0.338. The molecule has 0 amide bonds. The van der Waals surface area contributed by atoms with E-state index in [-0.39, 0.29) is 5.76 Å². The van der Waals surface area contributed by atoms with Crippen LogP contribution in [0.25, 0.3) is 11.1 Å². The van der Waals surface area contributed by atoms with E-state index in [0.29, 0.717) is 24.4 Å². The van der Waals surface area contributed by atoms with Crippen LogP contribution in [0, 0.1) is 0 Å². The Morgan fingerprint density at radius 2 is 2.12 bits per heavy atom. The number of thiophene rings is 1. The predicted octanol–water partition coefficient (Wildman–Crippen LogP) is 2.48. The van der Waals surface area contributed by atoms with Crippen LogP contribution < -0.4 is 5.76 Å². The molecule has 122 valence electrons. The number of tetrazole rings is 1. The molecule has 0 N–H and O–H groups in total. The maximum Gasteiger partial charge on any atom is 0.419 e. The summed E-state index contributed by atoms with van der Waals surface area (Å²) in [7, 11) is 0. The number of aryl methyl sites for hydroxylation is 1. The third-order valence-corrected chi connectivity index (χ3v) is 5.30. The van der Waals surface area contributed by atoms with Gasteiger partial charge in [0.2, 0.25) is 5.16 Å². The van der Waals surface area contributed by atoms with Crippen LogP contribution in [0.4, 0.5) is 0 Å². The second kappa shape index (κ2) is 6.62. The molecule has 0 aliphatic carbocycles. The molecule has 0 spiro atoms. The van der Waals surface area contributed by atoms with Crippen molar-refractivity contribution in [2.45, 2.75) is 18.2 Å². The first-order valence-electron chi connectivity index (χ1n) is 7.31. The summed E-state index contributed by atoms with van der Waals surface area (Å²) >= 11 is 3.19. The molecule has 1 aromatic carbocycles. The number of rotatable bonds is 6. The first-order valence-corrected chi connectivity index (χ1v) is 9.17. The zero-order chi connectivity index (χ0) is 16.4. The molecule has 7 nitrogen and oxygen atoms in total. The van der Waals surface area contributed by atoms with Gasteiger partial charge in [0, 0.05) is 17.2 Å². The Hall–Kier alpha value is -2.39. The van der Waals surface area contributed by atoms with Crippen LogP contribution >= 0.6 is 23.1 Å². The number of hydrogen-bond acceptors (Lipinski definition) is 7. The summed E-state index contributed by atoms with van der Waals surface area (Å²) in [5.74, 6) is 0.337. The van der Waals surface area contributed by atoms with Crippen molar-refractivity contribution < 1.29 is 4.42 Å². The van der Waals surface area contributed by atoms with Crippen LogP contribution in [-0.4, -0.2) is 30.5 Å². The summed E-state index contributed by atoms with van der Waals surface area (Å²) in [6.07, 6.45) is 0. The summed E-state index contributed by atoms with van der Waals surface area (Å²) in [4.78, 5) is 13.1. The fourth-order valence-corrected chi connectivity index (χ4v) is 3.89. The third-order valence-electron chi connectivity index (χ3n) is 3.50. The molecule has 0 fully saturated rings. The molecule has 0 saturated carbocycles. The van der Waals surface area contributed by atoms with Crippen molar-refractivity contribution in [3.8, 4) is 0 Å². The van der Waals surface area contributed by atoms with Crippen molar-refractivity contribution in [3.63, 3.8) is 0 Å². The molecule has 0 atom stereocenters. The zero-order valence-corrected chi connectivity index (χ0v) is 14.2. The smallest absolute Gasteiger partial charge is 0.408 e. The van der Waals surface area contributed by atoms with Gasteiger partial charge in [-0.25, -0.2) is 9.48 Å². The molecule has 3 aromatic heterocycles. The average Bonchev–Trinajstić information content (AvgIpc) is 3.30. The number of para-hydroxylation sites is 2. The number of oxazole rings is 1. The van der Waals surface area contributed by atoms with E-state index in [0.717, 1.165) is 10.7 Å². The maximum absolute atomic E-state index is 12.0. The molecule has 0 unspecified atom stereocenters. The third kappa shape index (κ3) is 3.00. The Labute approximate surface area is 144 Å². The topological polar surface area (TPSA) is 78.7 Å². The largest absolute Gasteiger partial charge is 0.419 e. The van der Waals surface area contributed by atoms with Crippen LogP contribution in [0.15, 0.2) is 56.1 Å². The van der Waals surface area contributed by atoms with E-state index in [1.165, 1.54) is 16.6 Å². The van der Waals surface area contributed by atoms with Gasteiger partial charge in [-0.1, -0.05) is 30.0 Å². The first-order chi connectivity index (χ1) is 11.8. The quantitative estimate of drug-likeness (QED) is 0.492. The Balaban J connectivity index is 1.45. The minimum atomic E-state index is -0.338. The van der Waals surface area contributed by atoms with E-state index in [1.54, 1.807) is 26.7 Å². The number of thioether (sulfide) groups is 1. The van der Waals surface area contributed by atoms with Gasteiger partial charge in [-0.15, -0.1) is 16.4 Å². The average molecular weight is 359 g/mol. The summed E-state index contributed by atoms with van der Waals surface area (Å²) in [6, 6.07) is 11.5. The fraction of sp³-hybridized carbons (Fsp3) is 0.200. The van der Waals surface area contributed by atoms with Gasteiger partial charge in [0.25, 0.3) is 0 Å². The van der Waals surface area contributed by atoms with Crippen LogP contribution in [0.2, 0.25) is 0 Å². The molecule has 0 aliphatic heterocycles. The lowest BCUT2D eigenvalue weighted by atomic mass is 10.3. The summed E-state index contributed by atoms with van der Waals surface area (Å²) in [5.41, 5.74) is 1.41. The lowest BCUT2D eigenvalue weighted by molar-refractivity contribution is 0.514. The normalized spacial score (nSPS) is 11.3. The van der Waals surface area contributed by atoms with Gasteiger partial charge < -0.3 is 4.42 Å². The molecule has 0 saturated heterocycles. The first kappa shape index (κ1) is 15.2. The van der Waals surface area contributed by atoms with Gasteiger partial charge in [0.15, 0.2) is 5.58 Å². The van der Waals surface area contributed by atoms with Gasteiger partial charge in [-0.05, 0) is 34.0 Å². The second-order valence-electron chi connectivity index (χ2n) is 5.03. The van der Waals surface area contributed by atoms with Gasteiger partial charge in [0.05, 0.1) is 12.1 Å². The molecular formula is C15H13N5O2S2. The van der Waals surface area contributed by atoms with Gasteiger partial charge in [-0.3, -0.25) is 4.57 Å². The van der Waals surface area contributed by atoms with E-state index in [4.69, 9.17) is 4.42 Å². The van der Waals surface area contributed by atoms with E-state index in [1.807, 2.05) is 29.6 Å². The zero-order valence-electron chi connectivity index (χ0n) is 12.5. The summed E-state index contributed by atoms with van der Waals surface area (Å²) < 4.78 is 8.64. The van der Waals surface area contributed by atoms with Crippen LogP contribution in [0.5, 0.6) is 0 Å². The van der Waals surface area contributed by atoms with E-state index in [9.17, 15) is 4.79 Å². The molecule has 9 heteroatoms. The van der Waals surface area contributed by atoms with Crippen molar-refractivity contribution in [3.05, 3.63) is 57.2 Å². The SMILES string of the molecule is O=c1oc2ccccc2n1CCSc1nnnn1Cc1cccs1. The van der Waals surface area contributed by atoms with E-state index >= 15 is 0 Å². The highest BCUT2D eigenvalue weighted by Crippen LogP contribution is 2.18. The molecule has 0 aliphatic rings. The number of aromatic nitrogens is 5. The molecule has 4 aromatic rings. The van der Waals surface area contributed by atoms with Crippen LogP contribution in [0.3, 0.4) is 0 Å². The number of fused-ring (bicyclic) bond motifs is 1. The molecule has 0 bridgehead atoms. The Kier molecular flexibility index (Phi) is 4.18. The minimum Gasteiger partial charge on any atom is -0.408 e. The van der Waals surface area contributed by atoms with Crippen LogP contribution in [0.1, 0.15) is 4.88 Å². The van der Waals surface area contributed by atoms with Crippen LogP contribution in [-0.2, 0) is 13.1 Å². The van der Waals surface area contributed by atoms with Gasteiger partial charge in [-0.2, -0.15) is 0 Å². The van der Waals surface area contributed by atoms with Crippen molar-refractivity contribution in [1.29, 1.82) is 0 Å². The van der Waals surface area contributed by atoms with E-state index in [2.05, 4.69) is 21.6 Å². The Morgan fingerprint density at radius 1 is 1.21 bits per heavy atom. The number of benzene rings is 1. The molecule has 3 heterocycles. The molecule has 24 heavy (non-hydrogen) atoms. The Morgan fingerprint density at radius 3 is 3.00 bits per heavy atom.